The van der Waals surface area contributed by atoms with Gasteiger partial charge < -0.3 is 10.1 Å². The lowest BCUT2D eigenvalue weighted by Gasteiger charge is -2.19. The standard InChI is InChI=1S/C14H17BrClN3O/c1-3-17-13(14-12(15)8-18-19(14)2)9-20-11-6-4-10(16)5-7-11/h4-8,13,17H,3,9H2,1-2H3. The van der Waals surface area contributed by atoms with Gasteiger partial charge in [0.05, 0.1) is 22.4 Å². The molecule has 1 aromatic carbocycles. The Morgan fingerprint density at radius 1 is 1.40 bits per heavy atom. The first-order chi connectivity index (χ1) is 9.61. The third-order valence-corrected chi connectivity index (χ3v) is 3.81. The molecule has 0 bridgehead atoms. The number of aryl methyl sites for hydroxylation is 1. The molecule has 0 spiro atoms. The van der Waals surface area contributed by atoms with Gasteiger partial charge in [-0.25, -0.2) is 0 Å². The van der Waals surface area contributed by atoms with E-state index < -0.39 is 0 Å². The van der Waals surface area contributed by atoms with E-state index in [9.17, 15) is 0 Å². The first kappa shape index (κ1) is 15.4. The number of ether oxygens (including phenoxy) is 1. The van der Waals surface area contributed by atoms with Gasteiger partial charge in [0.2, 0.25) is 0 Å². The van der Waals surface area contributed by atoms with Crippen LogP contribution in [0.2, 0.25) is 5.02 Å². The second kappa shape index (κ2) is 7.11. The van der Waals surface area contributed by atoms with Crippen molar-refractivity contribution in [3.8, 4) is 5.75 Å². The second-order valence-corrected chi connectivity index (χ2v) is 5.67. The molecule has 1 unspecified atom stereocenters. The quantitative estimate of drug-likeness (QED) is 0.858. The molecule has 0 fully saturated rings. The molecule has 1 N–H and O–H groups in total. The van der Waals surface area contributed by atoms with Crippen molar-refractivity contribution >= 4 is 27.5 Å². The van der Waals surface area contributed by atoms with E-state index in [4.69, 9.17) is 16.3 Å². The fourth-order valence-electron chi connectivity index (χ4n) is 2.00. The summed E-state index contributed by atoms with van der Waals surface area (Å²) in [5.41, 5.74) is 1.07. The number of halogens is 2. The highest BCUT2D eigenvalue weighted by Gasteiger charge is 2.18. The van der Waals surface area contributed by atoms with Gasteiger partial charge in [-0.15, -0.1) is 0 Å². The van der Waals surface area contributed by atoms with Crippen LogP contribution in [0.3, 0.4) is 0 Å². The summed E-state index contributed by atoms with van der Waals surface area (Å²) in [4.78, 5) is 0. The van der Waals surface area contributed by atoms with Crippen LogP contribution in [0, 0.1) is 0 Å². The Morgan fingerprint density at radius 3 is 2.65 bits per heavy atom. The third kappa shape index (κ3) is 3.75. The fraction of sp³-hybridized carbons (Fsp3) is 0.357. The Hall–Kier alpha value is -1.04. The average Bonchev–Trinajstić information content (AvgIpc) is 2.76. The molecule has 0 aliphatic carbocycles. The van der Waals surface area contributed by atoms with Crippen molar-refractivity contribution in [2.75, 3.05) is 13.2 Å². The van der Waals surface area contributed by atoms with Crippen molar-refractivity contribution in [2.24, 2.45) is 7.05 Å². The summed E-state index contributed by atoms with van der Waals surface area (Å²) in [6, 6.07) is 7.43. The summed E-state index contributed by atoms with van der Waals surface area (Å²) in [5, 5.41) is 8.35. The molecule has 0 amide bonds. The molecule has 0 saturated carbocycles. The van der Waals surface area contributed by atoms with Crippen molar-refractivity contribution in [3.63, 3.8) is 0 Å². The Labute approximate surface area is 132 Å². The molecule has 0 radical (unpaired) electrons. The number of likely N-dealkylation sites (N-methyl/N-ethyl adjacent to an activating group) is 1. The van der Waals surface area contributed by atoms with Gasteiger partial charge in [-0.1, -0.05) is 18.5 Å². The minimum Gasteiger partial charge on any atom is -0.492 e. The predicted molar refractivity (Wildman–Crippen MR) is 84.3 cm³/mol. The third-order valence-electron chi connectivity index (χ3n) is 2.95. The normalized spacial score (nSPS) is 12.4. The topological polar surface area (TPSA) is 39.1 Å². The van der Waals surface area contributed by atoms with Crippen LogP contribution in [0.4, 0.5) is 0 Å². The molecule has 20 heavy (non-hydrogen) atoms. The van der Waals surface area contributed by atoms with Gasteiger partial charge in [-0.3, -0.25) is 4.68 Å². The van der Waals surface area contributed by atoms with E-state index in [1.54, 1.807) is 6.20 Å². The number of rotatable bonds is 6. The number of hydrogen-bond acceptors (Lipinski definition) is 3. The lowest BCUT2D eigenvalue weighted by atomic mass is 10.2. The first-order valence-corrected chi connectivity index (χ1v) is 7.58. The molecule has 1 heterocycles. The summed E-state index contributed by atoms with van der Waals surface area (Å²) in [6.07, 6.45) is 1.79. The minimum absolute atomic E-state index is 0.0672. The van der Waals surface area contributed by atoms with Crippen molar-refractivity contribution in [2.45, 2.75) is 13.0 Å². The number of nitrogens with one attached hydrogen (secondary N) is 1. The van der Waals surface area contributed by atoms with E-state index in [1.165, 1.54) is 0 Å². The van der Waals surface area contributed by atoms with Crippen LogP contribution in [-0.2, 0) is 7.05 Å². The maximum atomic E-state index is 5.86. The smallest absolute Gasteiger partial charge is 0.119 e. The molecule has 1 atom stereocenters. The number of hydrogen-bond donors (Lipinski definition) is 1. The van der Waals surface area contributed by atoms with Crippen LogP contribution < -0.4 is 10.1 Å². The fourth-order valence-corrected chi connectivity index (χ4v) is 2.75. The van der Waals surface area contributed by atoms with Gasteiger partial charge in [0.1, 0.15) is 12.4 Å². The molecular formula is C14H17BrClN3O. The lowest BCUT2D eigenvalue weighted by molar-refractivity contribution is 0.261. The van der Waals surface area contributed by atoms with Gasteiger partial charge in [-0.05, 0) is 46.7 Å². The van der Waals surface area contributed by atoms with Crippen molar-refractivity contribution in [3.05, 3.63) is 45.7 Å². The van der Waals surface area contributed by atoms with Crippen LogP contribution >= 0.6 is 27.5 Å². The Bertz CT molecular complexity index is 537. The zero-order chi connectivity index (χ0) is 14.5. The molecule has 108 valence electrons. The number of nitrogens with zero attached hydrogens (tertiary/aromatic N) is 2. The number of benzene rings is 1. The van der Waals surface area contributed by atoms with Crippen LogP contribution in [0.25, 0.3) is 0 Å². The maximum absolute atomic E-state index is 5.86. The van der Waals surface area contributed by atoms with Crippen LogP contribution in [0.1, 0.15) is 18.7 Å². The highest BCUT2D eigenvalue weighted by Crippen LogP contribution is 2.24. The monoisotopic (exact) mass is 357 g/mol. The molecule has 2 aromatic rings. The van der Waals surface area contributed by atoms with Crippen LogP contribution in [0.15, 0.2) is 34.9 Å². The maximum Gasteiger partial charge on any atom is 0.119 e. The zero-order valence-electron chi connectivity index (χ0n) is 11.4. The van der Waals surface area contributed by atoms with Crippen molar-refractivity contribution in [1.29, 1.82) is 0 Å². The molecule has 0 aliphatic rings. The van der Waals surface area contributed by atoms with Gasteiger partial charge in [0.25, 0.3) is 0 Å². The molecule has 2 rings (SSSR count). The Balaban J connectivity index is 2.08. The van der Waals surface area contributed by atoms with Crippen LogP contribution in [-0.4, -0.2) is 22.9 Å². The van der Waals surface area contributed by atoms with E-state index in [0.717, 1.165) is 22.5 Å². The lowest BCUT2D eigenvalue weighted by Crippen LogP contribution is -2.28. The highest BCUT2D eigenvalue weighted by atomic mass is 79.9. The molecule has 0 saturated heterocycles. The van der Waals surface area contributed by atoms with Gasteiger partial charge in [-0.2, -0.15) is 5.10 Å². The van der Waals surface area contributed by atoms with E-state index in [-0.39, 0.29) is 6.04 Å². The SMILES string of the molecule is CCNC(COc1ccc(Cl)cc1)c1c(Br)cnn1C. The molecule has 4 nitrogen and oxygen atoms in total. The summed E-state index contributed by atoms with van der Waals surface area (Å²) in [7, 11) is 1.92. The molecular weight excluding hydrogens is 342 g/mol. The molecule has 6 heteroatoms. The van der Waals surface area contributed by atoms with Gasteiger partial charge >= 0.3 is 0 Å². The second-order valence-electron chi connectivity index (χ2n) is 4.38. The average molecular weight is 359 g/mol. The van der Waals surface area contributed by atoms with E-state index in [2.05, 4.69) is 33.3 Å². The van der Waals surface area contributed by atoms with Gasteiger partial charge in [0, 0.05) is 12.1 Å². The van der Waals surface area contributed by atoms with E-state index in [0.29, 0.717) is 11.6 Å². The Morgan fingerprint density at radius 2 is 2.10 bits per heavy atom. The predicted octanol–water partition coefficient (Wildman–Crippen LogP) is 3.57. The largest absolute Gasteiger partial charge is 0.492 e. The van der Waals surface area contributed by atoms with Crippen LogP contribution in [0.5, 0.6) is 5.75 Å². The minimum atomic E-state index is 0.0672. The summed E-state index contributed by atoms with van der Waals surface area (Å²) < 4.78 is 8.65. The first-order valence-electron chi connectivity index (χ1n) is 6.41. The zero-order valence-corrected chi connectivity index (χ0v) is 13.8. The summed E-state index contributed by atoms with van der Waals surface area (Å²) in [5.74, 6) is 0.801. The van der Waals surface area contributed by atoms with E-state index in [1.807, 2.05) is 36.0 Å². The molecule has 1 aromatic heterocycles. The van der Waals surface area contributed by atoms with Crippen molar-refractivity contribution in [1.82, 2.24) is 15.1 Å². The van der Waals surface area contributed by atoms with Crippen molar-refractivity contribution < 1.29 is 4.74 Å². The van der Waals surface area contributed by atoms with Gasteiger partial charge in [0.15, 0.2) is 0 Å². The molecule has 0 aliphatic heterocycles. The summed E-state index contributed by atoms with van der Waals surface area (Å²) in [6.45, 7) is 3.44. The highest BCUT2D eigenvalue weighted by molar-refractivity contribution is 9.10. The summed E-state index contributed by atoms with van der Waals surface area (Å²) >= 11 is 9.39. The Kier molecular flexibility index (Phi) is 5.46. The van der Waals surface area contributed by atoms with E-state index >= 15 is 0 Å². The number of aromatic nitrogens is 2.